The number of carbonyl (C=O) groups excluding carboxylic acids is 1. The quantitative estimate of drug-likeness (QED) is 0.776. The third kappa shape index (κ3) is 3.68. The van der Waals surface area contributed by atoms with Gasteiger partial charge in [-0.05, 0) is 32.6 Å². The molecule has 2 aliphatic rings. The van der Waals surface area contributed by atoms with Gasteiger partial charge in [-0.3, -0.25) is 4.79 Å². The first-order valence-electron chi connectivity index (χ1n) is 6.75. The van der Waals surface area contributed by atoms with Crippen molar-refractivity contribution in [2.45, 2.75) is 44.7 Å². The molecule has 2 rings (SSSR count). The summed E-state index contributed by atoms with van der Waals surface area (Å²) in [6, 6.07) is 0.631. The van der Waals surface area contributed by atoms with E-state index < -0.39 is 9.84 Å². The second kappa shape index (κ2) is 5.57. The van der Waals surface area contributed by atoms with Crippen LogP contribution in [-0.4, -0.2) is 55.9 Å². The van der Waals surface area contributed by atoms with Crippen molar-refractivity contribution in [1.29, 1.82) is 0 Å². The van der Waals surface area contributed by atoms with Crippen LogP contribution in [0.4, 0.5) is 0 Å². The normalized spacial score (nSPS) is 23.8. The second-order valence-electron chi connectivity index (χ2n) is 5.22. The van der Waals surface area contributed by atoms with Gasteiger partial charge in [0, 0.05) is 18.6 Å². The van der Waals surface area contributed by atoms with Gasteiger partial charge in [-0.2, -0.15) is 0 Å². The SMILES string of the molecule is CCN(C(=O)CNC1CCS(=O)(=O)CC1)C1CC1. The molecule has 0 aromatic carbocycles. The molecular weight excluding hydrogens is 252 g/mol. The maximum atomic E-state index is 12.0. The fourth-order valence-electron chi connectivity index (χ4n) is 2.45. The molecule has 0 aromatic rings. The molecule has 1 saturated carbocycles. The highest BCUT2D eigenvalue weighted by molar-refractivity contribution is 7.91. The Kier molecular flexibility index (Phi) is 4.27. The van der Waals surface area contributed by atoms with Gasteiger partial charge in [-0.1, -0.05) is 0 Å². The van der Waals surface area contributed by atoms with Crippen molar-refractivity contribution >= 4 is 15.7 Å². The summed E-state index contributed by atoms with van der Waals surface area (Å²) in [6.45, 7) is 3.11. The van der Waals surface area contributed by atoms with E-state index in [0.29, 0.717) is 25.4 Å². The van der Waals surface area contributed by atoms with Gasteiger partial charge in [0.25, 0.3) is 0 Å². The fourth-order valence-corrected chi connectivity index (χ4v) is 3.94. The van der Waals surface area contributed by atoms with Crippen molar-refractivity contribution in [2.24, 2.45) is 0 Å². The van der Waals surface area contributed by atoms with Gasteiger partial charge in [-0.15, -0.1) is 0 Å². The Morgan fingerprint density at radius 3 is 2.33 bits per heavy atom. The smallest absolute Gasteiger partial charge is 0.236 e. The largest absolute Gasteiger partial charge is 0.339 e. The molecule has 1 aliphatic heterocycles. The number of amides is 1. The number of nitrogens with one attached hydrogen (secondary N) is 1. The van der Waals surface area contributed by atoms with Gasteiger partial charge in [0.05, 0.1) is 18.1 Å². The fraction of sp³-hybridized carbons (Fsp3) is 0.917. The predicted molar refractivity (Wildman–Crippen MR) is 70.1 cm³/mol. The first kappa shape index (κ1) is 13.8. The van der Waals surface area contributed by atoms with E-state index in [4.69, 9.17) is 0 Å². The molecule has 0 aromatic heterocycles. The van der Waals surface area contributed by atoms with Gasteiger partial charge in [0.1, 0.15) is 9.84 Å². The summed E-state index contributed by atoms with van der Waals surface area (Å²) in [7, 11) is -2.81. The van der Waals surface area contributed by atoms with Crippen LogP contribution in [0.2, 0.25) is 0 Å². The van der Waals surface area contributed by atoms with Crippen molar-refractivity contribution in [2.75, 3.05) is 24.6 Å². The first-order valence-corrected chi connectivity index (χ1v) is 8.57. The van der Waals surface area contributed by atoms with Crippen LogP contribution in [-0.2, 0) is 14.6 Å². The summed E-state index contributed by atoms with van der Waals surface area (Å²) in [4.78, 5) is 13.9. The van der Waals surface area contributed by atoms with Crippen LogP contribution in [0.3, 0.4) is 0 Å². The van der Waals surface area contributed by atoms with Gasteiger partial charge >= 0.3 is 0 Å². The zero-order valence-corrected chi connectivity index (χ0v) is 11.7. The minimum Gasteiger partial charge on any atom is -0.339 e. The average molecular weight is 274 g/mol. The zero-order valence-electron chi connectivity index (χ0n) is 10.9. The molecule has 6 heteroatoms. The Morgan fingerprint density at radius 1 is 1.22 bits per heavy atom. The number of sulfone groups is 1. The molecule has 0 spiro atoms. The molecule has 0 unspecified atom stereocenters. The Labute approximate surface area is 109 Å². The van der Waals surface area contributed by atoms with E-state index in [1.54, 1.807) is 0 Å². The Bertz CT molecular complexity index is 390. The molecule has 1 amide bonds. The van der Waals surface area contributed by atoms with E-state index in [-0.39, 0.29) is 23.5 Å². The molecule has 1 N–H and O–H groups in total. The first-order chi connectivity index (χ1) is 8.52. The summed E-state index contributed by atoms with van der Waals surface area (Å²) in [5.74, 6) is 0.645. The molecule has 0 radical (unpaired) electrons. The molecule has 2 fully saturated rings. The Balaban J connectivity index is 1.73. The van der Waals surface area contributed by atoms with Crippen LogP contribution in [0.1, 0.15) is 32.6 Å². The van der Waals surface area contributed by atoms with Crippen LogP contribution >= 0.6 is 0 Å². The van der Waals surface area contributed by atoms with Crippen molar-refractivity contribution in [3.05, 3.63) is 0 Å². The topological polar surface area (TPSA) is 66.5 Å². The maximum Gasteiger partial charge on any atom is 0.236 e. The summed E-state index contributed by atoms with van der Waals surface area (Å²) < 4.78 is 22.6. The van der Waals surface area contributed by atoms with E-state index in [2.05, 4.69) is 5.32 Å². The molecule has 0 bridgehead atoms. The van der Waals surface area contributed by atoms with Crippen LogP contribution in [0.15, 0.2) is 0 Å². The standard InChI is InChI=1S/C12H22N2O3S/c1-2-14(11-3-4-11)12(15)9-13-10-5-7-18(16,17)8-6-10/h10-11,13H,2-9H2,1H3. The maximum absolute atomic E-state index is 12.0. The second-order valence-corrected chi connectivity index (χ2v) is 7.52. The van der Waals surface area contributed by atoms with Crippen molar-refractivity contribution < 1.29 is 13.2 Å². The number of hydrogen-bond donors (Lipinski definition) is 1. The highest BCUT2D eigenvalue weighted by Gasteiger charge is 2.31. The summed E-state index contributed by atoms with van der Waals surface area (Å²) >= 11 is 0. The highest BCUT2D eigenvalue weighted by atomic mass is 32.2. The summed E-state index contributed by atoms with van der Waals surface area (Å²) in [5, 5.41) is 3.20. The monoisotopic (exact) mass is 274 g/mol. The lowest BCUT2D eigenvalue weighted by atomic mass is 10.1. The van der Waals surface area contributed by atoms with E-state index >= 15 is 0 Å². The van der Waals surface area contributed by atoms with Crippen LogP contribution in [0, 0.1) is 0 Å². The Hall–Kier alpha value is -0.620. The van der Waals surface area contributed by atoms with Crippen molar-refractivity contribution in [1.82, 2.24) is 10.2 Å². The molecule has 104 valence electrons. The summed E-state index contributed by atoms with van der Waals surface area (Å²) in [5.41, 5.74) is 0. The molecule has 18 heavy (non-hydrogen) atoms. The van der Waals surface area contributed by atoms with Crippen molar-refractivity contribution in [3.8, 4) is 0 Å². The number of hydrogen-bond acceptors (Lipinski definition) is 4. The van der Waals surface area contributed by atoms with E-state index in [0.717, 1.165) is 19.4 Å². The highest BCUT2D eigenvalue weighted by Crippen LogP contribution is 2.26. The number of nitrogens with zero attached hydrogens (tertiary/aromatic N) is 1. The van der Waals surface area contributed by atoms with Crippen LogP contribution in [0.25, 0.3) is 0 Å². The van der Waals surface area contributed by atoms with Gasteiger partial charge < -0.3 is 10.2 Å². The average Bonchev–Trinajstić information content (AvgIpc) is 3.13. The summed E-state index contributed by atoms with van der Waals surface area (Å²) in [6.07, 6.45) is 3.51. The number of likely N-dealkylation sites (N-methyl/N-ethyl adjacent to an activating group) is 1. The van der Waals surface area contributed by atoms with Gasteiger partial charge in [0.2, 0.25) is 5.91 Å². The van der Waals surface area contributed by atoms with Gasteiger partial charge in [-0.25, -0.2) is 8.42 Å². The predicted octanol–water partition coefficient (Wildman–Crippen LogP) is 0.164. The van der Waals surface area contributed by atoms with Crippen LogP contribution < -0.4 is 5.32 Å². The third-order valence-corrected chi connectivity index (χ3v) is 5.46. The number of carbonyl (C=O) groups is 1. The van der Waals surface area contributed by atoms with E-state index in [9.17, 15) is 13.2 Å². The minimum atomic E-state index is -2.81. The molecule has 5 nitrogen and oxygen atoms in total. The molecule has 1 saturated heterocycles. The molecular formula is C12H22N2O3S. The van der Waals surface area contributed by atoms with E-state index in [1.807, 2.05) is 11.8 Å². The van der Waals surface area contributed by atoms with Gasteiger partial charge in [0.15, 0.2) is 0 Å². The van der Waals surface area contributed by atoms with Crippen LogP contribution in [0.5, 0.6) is 0 Å². The lowest BCUT2D eigenvalue weighted by Gasteiger charge is -2.25. The molecule has 0 atom stereocenters. The zero-order chi connectivity index (χ0) is 13.2. The number of rotatable bonds is 5. The minimum absolute atomic E-state index is 0.147. The van der Waals surface area contributed by atoms with E-state index in [1.165, 1.54) is 0 Å². The third-order valence-electron chi connectivity index (χ3n) is 3.75. The lowest BCUT2D eigenvalue weighted by molar-refractivity contribution is -0.130. The van der Waals surface area contributed by atoms with Crippen molar-refractivity contribution in [3.63, 3.8) is 0 Å². The molecule has 1 heterocycles. The lowest BCUT2D eigenvalue weighted by Crippen LogP contribution is -2.45. The Morgan fingerprint density at radius 2 is 1.83 bits per heavy atom. The molecule has 1 aliphatic carbocycles.